The fourth-order valence-electron chi connectivity index (χ4n) is 3.09. The number of amides is 1. The summed E-state index contributed by atoms with van der Waals surface area (Å²) in [4.78, 5) is 19.0. The first-order valence-electron chi connectivity index (χ1n) is 7.36. The first-order valence-corrected chi connectivity index (χ1v) is 8.30. The summed E-state index contributed by atoms with van der Waals surface area (Å²) in [6, 6.07) is 10.4. The largest absolute Gasteiger partial charge is 0.339 e. The molecule has 1 aromatic heterocycles. The lowest BCUT2D eigenvalue weighted by atomic mass is 9.64. The zero-order valence-electron chi connectivity index (χ0n) is 12.3. The van der Waals surface area contributed by atoms with Crippen molar-refractivity contribution in [3.05, 3.63) is 52.5 Å². The molecule has 0 bridgehead atoms. The minimum absolute atomic E-state index is 0.188. The summed E-state index contributed by atoms with van der Waals surface area (Å²) in [7, 11) is 1.90. The Morgan fingerprint density at radius 1 is 1.33 bits per heavy atom. The molecule has 1 fully saturated rings. The lowest BCUT2D eigenvalue weighted by molar-refractivity contribution is -0.146. The molecule has 0 spiro atoms. The van der Waals surface area contributed by atoms with Gasteiger partial charge in [-0.3, -0.25) is 4.79 Å². The highest BCUT2D eigenvalue weighted by Gasteiger charge is 2.45. The Labute approximate surface area is 129 Å². The van der Waals surface area contributed by atoms with Gasteiger partial charge in [-0.25, -0.2) is 4.98 Å². The highest BCUT2D eigenvalue weighted by molar-refractivity contribution is 7.07. The van der Waals surface area contributed by atoms with Gasteiger partial charge in [0, 0.05) is 12.4 Å². The number of aromatic nitrogens is 1. The molecule has 21 heavy (non-hydrogen) atoms. The maximum absolute atomic E-state index is 12.9. The monoisotopic (exact) mass is 300 g/mol. The summed E-state index contributed by atoms with van der Waals surface area (Å²) in [5.41, 5.74) is 3.86. The third kappa shape index (κ3) is 3.00. The second-order valence-electron chi connectivity index (χ2n) is 5.94. The van der Waals surface area contributed by atoms with Crippen LogP contribution in [0.5, 0.6) is 0 Å². The lowest BCUT2D eigenvalue weighted by Gasteiger charge is -2.42. The van der Waals surface area contributed by atoms with Gasteiger partial charge in [-0.05, 0) is 24.8 Å². The summed E-state index contributed by atoms with van der Waals surface area (Å²) in [5.74, 6) is 0.269. The number of carbonyl (C=O) groups excluding carboxylic acids is 1. The van der Waals surface area contributed by atoms with Gasteiger partial charge in [0.25, 0.3) is 0 Å². The lowest BCUT2D eigenvalue weighted by Crippen LogP contribution is -2.47. The van der Waals surface area contributed by atoms with E-state index in [0.29, 0.717) is 6.54 Å². The van der Waals surface area contributed by atoms with E-state index in [0.717, 1.165) is 31.4 Å². The van der Waals surface area contributed by atoms with Crippen molar-refractivity contribution in [1.82, 2.24) is 9.88 Å². The van der Waals surface area contributed by atoms with Gasteiger partial charge in [0.05, 0.1) is 23.2 Å². The SMILES string of the molecule is CN(Cc1cscn1)C(=O)C1(Cc2ccccc2)CCC1. The van der Waals surface area contributed by atoms with Gasteiger partial charge < -0.3 is 4.90 Å². The Balaban J connectivity index is 1.71. The number of nitrogens with zero attached hydrogens (tertiary/aromatic N) is 2. The van der Waals surface area contributed by atoms with E-state index in [2.05, 4.69) is 17.1 Å². The average Bonchev–Trinajstić information content (AvgIpc) is 2.96. The third-order valence-corrected chi connectivity index (χ3v) is 5.01. The minimum Gasteiger partial charge on any atom is -0.339 e. The topological polar surface area (TPSA) is 33.2 Å². The second kappa shape index (κ2) is 5.98. The molecule has 0 aliphatic heterocycles. The van der Waals surface area contributed by atoms with Gasteiger partial charge in [0.15, 0.2) is 0 Å². The van der Waals surface area contributed by atoms with Crippen molar-refractivity contribution in [3.8, 4) is 0 Å². The Morgan fingerprint density at radius 3 is 2.67 bits per heavy atom. The molecule has 0 atom stereocenters. The molecule has 1 aromatic carbocycles. The van der Waals surface area contributed by atoms with Crippen molar-refractivity contribution in [2.75, 3.05) is 7.05 Å². The van der Waals surface area contributed by atoms with Crippen LogP contribution in [0.15, 0.2) is 41.2 Å². The van der Waals surface area contributed by atoms with Crippen LogP contribution >= 0.6 is 11.3 Å². The molecule has 1 aliphatic rings. The molecule has 0 unspecified atom stereocenters. The van der Waals surface area contributed by atoms with E-state index in [1.165, 1.54) is 5.56 Å². The normalized spacial score (nSPS) is 16.2. The first-order chi connectivity index (χ1) is 10.2. The van der Waals surface area contributed by atoms with Crippen molar-refractivity contribution in [2.45, 2.75) is 32.2 Å². The Kier molecular flexibility index (Phi) is 4.06. The van der Waals surface area contributed by atoms with E-state index < -0.39 is 0 Å². The number of rotatable bonds is 5. The summed E-state index contributed by atoms with van der Waals surface area (Å²) in [5, 5.41) is 2.01. The summed E-state index contributed by atoms with van der Waals surface area (Å²) in [6.45, 7) is 0.610. The fourth-order valence-corrected chi connectivity index (χ4v) is 3.64. The molecule has 4 heteroatoms. The summed E-state index contributed by atoms with van der Waals surface area (Å²) >= 11 is 1.57. The number of benzene rings is 1. The highest BCUT2D eigenvalue weighted by atomic mass is 32.1. The van der Waals surface area contributed by atoms with Crippen LogP contribution in [0.2, 0.25) is 0 Å². The molecule has 110 valence electrons. The van der Waals surface area contributed by atoms with E-state index in [4.69, 9.17) is 0 Å². The van der Waals surface area contributed by atoms with Crippen LogP contribution in [-0.2, 0) is 17.8 Å². The van der Waals surface area contributed by atoms with Gasteiger partial charge in [-0.1, -0.05) is 36.8 Å². The molecular weight excluding hydrogens is 280 g/mol. The maximum atomic E-state index is 12.9. The second-order valence-corrected chi connectivity index (χ2v) is 6.66. The van der Waals surface area contributed by atoms with Crippen LogP contribution in [0.3, 0.4) is 0 Å². The zero-order chi connectivity index (χ0) is 14.7. The van der Waals surface area contributed by atoms with Crippen molar-refractivity contribution in [3.63, 3.8) is 0 Å². The van der Waals surface area contributed by atoms with Gasteiger partial charge in [-0.2, -0.15) is 0 Å². The molecule has 0 radical (unpaired) electrons. The molecule has 0 N–H and O–H groups in total. The molecule has 1 heterocycles. The Hall–Kier alpha value is -1.68. The van der Waals surface area contributed by atoms with E-state index in [-0.39, 0.29) is 11.3 Å². The van der Waals surface area contributed by atoms with Crippen molar-refractivity contribution in [2.24, 2.45) is 5.41 Å². The van der Waals surface area contributed by atoms with E-state index in [1.807, 2.05) is 41.0 Å². The summed E-state index contributed by atoms with van der Waals surface area (Å²) < 4.78 is 0. The molecule has 1 amide bonds. The average molecular weight is 300 g/mol. The number of hydrogen-bond acceptors (Lipinski definition) is 3. The number of carbonyl (C=O) groups is 1. The quantitative estimate of drug-likeness (QED) is 0.846. The van der Waals surface area contributed by atoms with Gasteiger partial charge in [0.1, 0.15) is 0 Å². The van der Waals surface area contributed by atoms with Gasteiger partial charge in [-0.15, -0.1) is 11.3 Å². The van der Waals surface area contributed by atoms with Crippen LogP contribution in [0.1, 0.15) is 30.5 Å². The standard InChI is InChI=1S/C17H20N2OS/c1-19(11-15-12-21-13-18-15)16(20)17(8-5-9-17)10-14-6-3-2-4-7-14/h2-4,6-7,12-13H,5,8-11H2,1H3. The van der Waals surface area contributed by atoms with Crippen LogP contribution < -0.4 is 0 Å². The van der Waals surface area contributed by atoms with E-state index >= 15 is 0 Å². The van der Waals surface area contributed by atoms with Crippen LogP contribution in [0, 0.1) is 5.41 Å². The smallest absolute Gasteiger partial charge is 0.229 e. The zero-order valence-corrected chi connectivity index (χ0v) is 13.1. The van der Waals surface area contributed by atoms with Crippen molar-refractivity contribution >= 4 is 17.2 Å². The number of hydrogen-bond donors (Lipinski definition) is 0. The van der Waals surface area contributed by atoms with Crippen molar-refractivity contribution in [1.29, 1.82) is 0 Å². The Bertz CT molecular complexity index is 591. The summed E-state index contributed by atoms with van der Waals surface area (Å²) in [6.07, 6.45) is 4.02. The molecule has 2 aromatic rings. The van der Waals surface area contributed by atoms with Crippen LogP contribution in [-0.4, -0.2) is 22.8 Å². The van der Waals surface area contributed by atoms with E-state index in [1.54, 1.807) is 11.3 Å². The first kappa shape index (κ1) is 14.3. The molecule has 1 aliphatic carbocycles. The van der Waals surface area contributed by atoms with Gasteiger partial charge >= 0.3 is 0 Å². The van der Waals surface area contributed by atoms with Crippen molar-refractivity contribution < 1.29 is 4.79 Å². The molecule has 0 saturated heterocycles. The molecule has 3 nitrogen and oxygen atoms in total. The predicted molar refractivity (Wildman–Crippen MR) is 85.0 cm³/mol. The molecular formula is C17H20N2OS. The number of thiazole rings is 1. The third-order valence-electron chi connectivity index (χ3n) is 4.38. The molecule has 3 rings (SSSR count). The van der Waals surface area contributed by atoms with E-state index in [9.17, 15) is 4.79 Å². The fraction of sp³-hybridized carbons (Fsp3) is 0.412. The van der Waals surface area contributed by atoms with Gasteiger partial charge in [0.2, 0.25) is 5.91 Å². The van der Waals surface area contributed by atoms with Crippen LogP contribution in [0.4, 0.5) is 0 Å². The Morgan fingerprint density at radius 2 is 2.10 bits per heavy atom. The predicted octanol–water partition coefficient (Wildman–Crippen LogP) is 3.51. The highest BCUT2D eigenvalue weighted by Crippen LogP contribution is 2.45. The molecule has 1 saturated carbocycles. The minimum atomic E-state index is -0.188. The van der Waals surface area contributed by atoms with Crippen LogP contribution in [0.25, 0.3) is 0 Å². The maximum Gasteiger partial charge on any atom is 0.229 e.